The number of fused-ring (bicyclic) bond motifs is 4. The highest BCUT2D eigenvalue weighted by atomic mass is 32.1. The Bertz CT molecular complexity index is 1380. The van der Waals surface area contributed by atoms with E-state index in [0.717, 1.165) is 22.5 Å². The van der Waals surface area contributed by atoms with Crippen molar-refractivity contribution in [3.8, 4) is 6.07 Å². The molecule has 5 rings (SSSR count). The third-order valence-corrected chi connectivity index (χ3v) is 7.08. The lowest BCUT2D eigenvalue weighted by atomic mass is 10.3. The summed E-state index contributed by atoms with van der Waals surface area (Å²) < 4.78 is 6.89. The number of nitriles is 1. The molecule has 5 heteroatoms. The van der Waals surface area contributed by atoms with Gasteiger partial charge < -0.3 is 0 Å². The maximum absolute atomic E-state index is 9.60. The van der Waals surface area contributed by atoms with Gasteiger partial charge in [-0.3, -0.25) is 4.40 Å². The molecular weight excluding hydrogens is 370 g/mol. The lowest BCUT2D eigenvalue weighted by Gasteiger charge is -1.91. The Morgan fingerprint density at radius 2 is 1.81 bits per heavy atom. The molecule has 3 nitrogen and oxygen atoms in total. The van der Waals surface area contributed by atoms with Crippen LogP contribution in [0.15, 0.2) is 54.6 Å². The Morgan fingerprint density at radius 1 is 1.04 bits per heavy atom. The van der Waals surface area contributed by atoms with E-state index in [2.05, 4.69) is 70.5 Å². The maximum Gasteiger partial charge on any atom is 0.262 e. The van der Waals surface area contributed by atoms with Crippen LogP contribution in [-0.2, 0) is 6.54 Å². The van der Waals surface area contributed by atoms with E-state index in [1.165, 1.54) is 19.9 Å². The highest BCUT2D eigenvalue weighted by Gasteiger charge is 2.17. The fourth-order valence-electron chi connectivity index (χ4n) is 3.55. The van der Waals surface area contributed by atoms with Gasteiger partial charge in [-0.25, -0.2) is 0 Å². The molecule has 3 aromatic heterocycles. The van der Waals surface area contributed by atoms with E-state index in [0.29, 0.717) is 5.69 Å². The SMILES string of the molecule is CC[n+]1c(/C=C/c2cc(C#N)n3c2sc2ccccc23)sc2ccccc21. The Labute approximate surface area is 164 Å². The molecule has 0 amide bonds. The molecule has 0 aliphatic heterocycles. The third-order valence-electron chi connectivity index (χ3n) is 4.77. The first-order valence-corrected chi connectivity index (χ1v) is 10.5. The largest absolute Gasteiger partial charge is 0.291 e. The highest BCUT2D eigenvalue weighted by Crippen LogP contribution is 2.33. The molecule has 2 aromatic carbocycles. The quantitative estimate of drug-likeness (QED) is 0.365. The number of benzene rings is 2. The number of hydrogen-bond donors (Lipinski definition) is 0. The summed E-state index contributed by atoms with van der Waals surface area (Å²) >= 11 is 3.53. The molecule has 0 radical (unpaired) electrons. The molecule has 5 aromatic rings. The molecule has 0 bridgehead atoms. The van der Waals surface area contributed by atoms with Gasteiger partial charge in [0.15, 0.2) is 0 Å². The lowest BCUT2D eigenvalue weighted by molar-refractivity contribution is -0.665. The second-order valence-electron chi connectivity index (χ2n) is 6.29. The Hall–Kier alpha value is -2.94. The molecule has 3 heterocycles. The average Bonchev–Trinajstić information content (AvgIpc) is 3.36. The fourth-order valence-corrected chi connectivity index (χ4v) is 5.83. The molecular formula is C22H16N3S2+. The second kappa shape index (κ2) is 6.34. The first-order valence-electron chi connectivity index (χ1n) is 8.82. The lowest BCUT2D eigenvalue weighted by Crippen LogP contribution is -2.33. The summed E-state index contributed by atoms with van der Waals surface area (Å²) in [6.45, 7) is 3.11. The van der Waals surface area contributed by atoms with E-state index in [1.54, 1.807) is 22.7 Å². The van der Waals surface area contributed by atoms with Crippen molar-refractivity contribution >= 4 is 60.1 Å². The third kappa shape index (κ3) is 2.49. The van der Waals surface area contributed by atoms with Crippen molar-refractivity contribution in [3.63, 3.8) is 0 Å². The zero-order valence-corrected chi connectivity index (χ0v) is 16.3. The van der Waals surface area contributed by atoms with Gasteiger partial charge in [-0.2, -0.15) is 9.83 Å². The predicted molar refractivity (Wildman–Crippen MR) is 114 cm³/mol. The smallest absolute Gasteiger partial charge is 0.262 e. The highest BCUT2D eigenvalue weighted by molar-refractivity contribution is 7.24. The molecule has 27 heavy (non-hydrogen) atoms. The number of aryl methyl sites for hydroxylation is 1. The molecule has 0 aliphatic carbocycles. The molecule has 0 atom stereocenters. The Balaban J connectivity index is 1.68. The molecule has 0 fully saturated rings. The van der Waals surface area contributed by atoms with Crippen LogP contribution in [0.1, 0.15) is 23.2 Å². The number of thiazole rings is 2. The fraction of sp³-hybridized carbons (Fsp3) is 0.0909. The van der Waals surface area contributed by atoms with Crippen molar-refractivity contribution in [1.82, 2.24) is 4.40 Å². The molecule has 0 N–H and O–H groups in total. The van der Waals surface area contributed by atoms with Gasteiger partial charge in [0.2, 0.25) is 5.52 Å². The first-order chi connectivity index (χ1) is 13.3. The normalized spacial score (nSPS) is 11.9. The van der Waals surface area contributed by atoms with Crippen molar-refractivity contribution in [3.05, 3.63) is 70.9 Å². The van der Waals surface area contributed by atoms with Gasteiger partial charge in [-0.05, 0) is 37.3 Å². The molecule has 0 unspecified atom stereocenters. The minimum Gasteiger partial charge on any atom is -0.291 e. The van der Waals surface area contributed by atoms with Crippen molar-refractivity contribution in [2.24, 2.45) is 0 Å². The monoisotopic (exact) mass is 386 g/mol. The maximum atomic E-state index is 9.60. The predicted octanol–water partition coefficient (Wildman–Crippen LogP) is 5.72. The summed E-state index contributed by atoms with van der Waals surface area (Å²) in [5.41, 5.74) is 4.14. The van der Waals surface area contributed by atoms with E-state index < -0.39 is 0 Å². The van der Waals surface area contributed by atoms with Crippen LogP contribution in [0.5, 0.6) is 0 Å². The second-order valence-corrected chi connectivity index (χ2v) is 8.39. The number of rotatable bonds is 3. The molecule has 0 aliphatic rings. The van der Waals surface area contributed by atoms with E-state index in [4.69, 9.17) is 0 Å². The Kier molecular flexibility index (Phi) is 3.82. The minimum absolute atomic E-state index is 0.682. The van der Waals surface area contributed by atoms with Crippen LogP contribution in [0.25, 0.3) is 37.4 Å². The summed E-state index contributed by atoms with van der Waals surface area (Å²) in [5.74, 6) is 0. The van der Waals surface area contributed by atoms with Crippen molar-refractivity contribution in [2.45, 2.75) is 13.5 Å². The minimum atomic E-state index is 0.682. The van der Waals surface area contributed by atoms with Crippen molar-refractivity contribution in [2.75, 3.05) is 0 Å². The number of hydrogen-bond acceptors (Lipinski definition) is 3. The van der Waals surface area contributed by atoms with Crippen LogP contribution < -0.4 is 4.57 Å². The standard InChI is InChI=1S/C22H16N3S2/c1-2-24-17-7-3-5-9-19(17)26-21(24)12-11-15-13-16(14-23)25-18-8-4-6-10-20(18)27-22(15)25/h3-13H,2H2,1H3/q+1. The summed E-state index contributed by atoms with van der Waals surface area (Å²) in [6, 6.07) is 21.1. The summed E-state index contributed by atoms with van der Waals surface area (Å²) in [5, 5.41) is 10.8. The van der Waals surface area contributed by atoms with Crippen LogP contribution in [0, 0.1) is 11.3 Å². The van der Waals surface area contributed by atoms with Gasteiger partial charge >= 0.3 is 0 Å². The van der Waals surface area contributed by atoms with Crippen LogP contribution >= 0.6 is 22.7 Å². The molecule has 0 saturated heterocycles. The van der Waals surface area contributed by atoms with Crippen molar-refractivity contribution in [1.29, 1.82) is 5.26 Å². The van der Waals surface area contributed by atoms with Crippen LogP contribution in [0.4, 0.5) is 0 Å². The van der Waals surface area contributed by atoms with Gasteiger partial charge in [0.1, 0.15) is 27.8 Å². The van der Waals surface area contributed by atoms with E-state index in [-0.39, 0.29) is 0 Å². The van der Waals surface area contributed by atoms with Crippen LogP contribution in [-0.4, -0.2) is 4.40 Å². The summed E-state index contributed by atoms with van der Waals surface area (Å²) in [4.78, 5) is 1.12. The topological polar surface area (TPSA) is 32.1 Å². The number of para-hydroxylation sites is 2. The Morgan fingerprint density at radius 3 is 2.63 bits per heavy atom. The zero-order chi connectivity index (χ0) is 18.4. The molecule has 0 spiro atoms. The molecule has 0 saturated carbocycles. The van der Waals surface area contributed by atoms with Gasteiger partial charge in [0.05, 0.1) is 10.2 Å². The van der Waals surface area contributed by atoms with Crippen molar-refractivity contribution < 1.29 is 4.57 Å². The zero-order valence-electron chi connectivity index (χ0n) is 14.7. The van der Waals surface area contributed by atoms with Gasteiger partial charge in [0.25, 0.3) is 5.01 Å². The van der Waals surface area contributed by atoms with Gasteiger partial charge in [-0.15, -0.1) is 11.3 Å². The number of aromatic nitrogens is 2. The average molecular weight is 387 g/mol. The van der Waals surface area contributed by atoms with E-state index in [9.17, 15) is 5.26 Å². The first kappa shape index (κ1) is 16.2. The van der Waals surface area contributed by atoms with Gasteiger partial charge in [0, 0.05) is 17.7 Å². The van der Waals surface area contributed by atoms with Gasteiger partial charge in [-0.1, -0.05) is 35.6 Å². The van der Waals surface area contributed by atoms with E-state index >= 15 is 0 Å². The summed E-state index contributed by atoms with van der Waals surface area (Å²) in [6.07, 6.45) is 4.32. The summed E-state index contributed by atoms with van der Waals surface area (Å²) in [7, 11) is 0. The van der Waals surface area contributed by atoms with Crippen LogP contribution in [0.2, 0.25) is 0 Å². The van der Waals surface area contributed by atoms with Crippen LogP contribution in [0.3, 0.4) is 0 Å². The van der Waals surface area contributed by atoms with E-state index in [1.807, 2.05) is 18.2 Å². The molecule has 130 valence electrons. The number of nitrogens with zero attached hydrogens (tertiary/aromatic N) is 3.